The Hall–Kier alpha value is -1.55. The molecule has 1 fully saturated rings. The van der Waals surface area contributed by atoms with Crippen molar-refractivity contribution in [1.29, 1.82) is 0 Å². The second kappa shape index (κ2) is 6.57. The standard InChI is InChI=1S/C14H16ClNO3/c15-13(17)12(10-6-2-1-3-7-10)16-14(18)19-11-8-4-5-9-11/h1-3,6-7,11-12H,4-5,8-9H2,(H,16,18). The van der Waals surface area contributed by atoms with E-state index in [-0.39, 0.29) is 6.10 Å². The molecular weight excluding hydrogens is 266 g/mol. The first-order valence-electron chi connectivity index (χ1n) is 6.38. The second-order valence-corrected chi connectivity index (χ2v) is 4.98. The van der Waals surface area contributed by atoms with E-state index in [1.165, 1.54) is 0 Å². The van der Waals surface area contributed by atoms with Gasteiger partial charge in [-0.2, -0.15) is 0 Å². The summed E-state index contributed by atoms with van der Waals surface area (Å²) in [6.45, 7) is 0. The van der Waals surface area contributed by atoms with Gasteiger partial charge in [0.2, 0.25) is 5.24 Å². The molecule has 1 N–H and O–H groups in total. The van der Waals surface area contributed by atoms with Crippen LogP contribution in [0.3, 0.4) is 0 Å². The van der Waals surface area contributed by atoms with Crippen LogP contribution in [0.25, 0.3) is 0 Å². The van der Waals surface area contributed by atoms with Crippen molar-refractivity contribution in [3.05, 3.63) is 35.9 Å². The zero-order chi connectivity index (χ0) is 13.7. The average molecular weight is 282 g/mol. The Morgan fingerprint density at radius 2 is 1.84 bits per heavy atom. The summed E-state index contributed by atoms with van der Waals surface area (Å²) in [5.41, 5.74) is 0.644. The maximum absolute atomic E-state index is 11.7. The van der Waals surface area contributed by atoms with E-state index >= 15 is 0 Å². The number of halogens is 1. The number of nitrogens with one attached hydrogen (secondary N) is 1. The van der Waals surface area contributed by atoms with Gasteiger partial charge in [-0.05, 0) is 42.8 Å². The molecule has 0 radical (unpaired) electrons. The predicted octanol–water partition coefficient (Wildman–Crippen LogP) is 3.16. The van der Waals surface area contributed by atoms with Crippen molar-refractivity contribution in [3.63, 3.8) is 0 Å². The Balaban J connectivity index is 1.97. The maximum atomic E-state index is 11.7. The van der Waals surface area contributed by atoms with Gasteiger partial charge in [-0.15, -0.1) is 0 Å². The summed E-state index contributed by atoms with van der Waals surface area (Å²) in [5.74, 6) is 0. The molecule has 0 aliphatic heterocycles. The van der Waals surface area contributed by atoms with Crippen LogP contribution in [-0.4, -0.2) is 17.4 Å². The van der Waals surface area contributed by atoms with Crippen LogP contribution in [0.4, 0.5) is 4.79 Å². The molecule has 0 saturated heterocycles. The largest absolute Gasteiger partial charge is 0.446 e. The van der Waals surface area contributed by atoms with Gasteiger partial charge < -0.3 is 10.1 Å². The third-order valence-corrected chi connectivity index (χ3v) is 3.42. The zero-order valence-corrected chi connectivity index (χ0v) is 11.2. The molecule has 0 spiro atoms. The number of rotatable bonds is 4. The van der Waals surface area contributed by atoms with Crippen molar-refractivity contribution >= 4 is 22.9 Å². The Labute approximate surface area is 117 Å². The lowest BCUT2D eigenvalue weighted by molar-refractivity contribution is -0.113. The van der Waals surface area contributed by atoms with E-state index in [4.69, 9.17) is 16.3 Å². The number of amides is 1. The first kappa shape index (κ1) is 13.9. The first-order chi connectivity index (χ1) is 9.16. The van der Waals surface area contributed by atoms with Crippen molar-refractivity contribution in [3.8, 4) is 0 Å². The van der Waals surface area contributed by atoms with Crippen LogP contribution in [-0.2, 0) is 9.53 Å². The van der Waals surface area contributed by atoms with E-state index in [1.807, 2.05) is 6.07 Å². The lowest BCUT2D eigenvalue weighted by Crippen LogP contribution is -2.34. The van der Waals surface area contributed by atoms with Crippen molar-refractivity contribution in [1.82, 2.24) is 5.32 Å². The fraction of sp³-hybridized carbons (Fsp3) is 0.429. The highest BCUT2D eigenvalue weighted by molar-refractivity contribution is 6.64. The molecule has 102 valence electrons. The molecule has 1 aromatic carbocycles. The predicted molar refractivity (Wildman–Crippen MR) is 71.9 cm³/mol. The summed E-state index contributed by atoms with van der Waals surface area (Å²) in [4.78, 5) is 23.2. The molecule has 0 bridgehead atoms. The van der Waals surface area contributed by atoms with Crippen molar-refractivity contribution in [2.24, 2.45) is 0 Å². The lowest BCUT2D eigenvalue weighted by atomic mass is 10.1. The Bertz CT molecular complexity index is 443. The smallest absolute Gasteiger partial charge is 0.408 e. The molecule has 1 aliphatic carbocycles. The van der Waals surface area contributed by atoms with Crippen LogP contribution in [0.1, 0.15) is 37.3 Å². The van der Waals surface area contributed by atoms with Gasteiger partial charge in [-0.1, -0.05) is 30.3 Å². The van der Waals surface area contributed by atoms with Crippen LogP contribution >= 0.6 is 11.6 Å². The number of alkyl carbamates (subject to hydrolysis) is 1. The molecule has 5 heteroatoms. The van der Waals surface area contributed by atoms with Gasteiger partial charge in [0, 0.05) is 0 Å². The Morgan fingerprint density at radius 1 is 1.21 bits per heavy atom. The minimum Gasteiger partial charge on any atom is -0.446 e. The van der Waals surface area contributed by atoms with Gasteiger partial charge in [-0.3, -0.25) is 4.79 Å². The number of carbonyl (C=O) groups is 2. The van der Waals surface area contributed by atoms with Gasteiger partial charge in [0.05, 0.1) is 0 Å². The number of hydrogen-bond acceptors (Lipinski definition) is 3. The lowest BCUT2D eigenvalue weighted by Gasteiger charge is -2.17. The summed E-state index contributed by atoms with van der Waals surface area (Å²) in [5, 5.41) is 1.89. The average Bonchev–Trinajstić information content (AvgIpc) is 2.89. The quantitative estimate of drug-likeness (QED) is 0.863. The summed E-state index contributed by atoms with van der Waals surface area (Å²) in [6, 6.07) is 8.01. The van der Waals surface area contributed by atoms with Crippen LogP contribution in [0, 0.1) is 0 Å². The molecule has 1 aliphatic rings. The Kier molecular flexibility index (Phi) is 4.80. The van der Waals surface area contributed by atoms with Gasteiger partial charge in [0.15, 0.2) is 0 Å². The molecule has 2 rings (SSSR count). The summed E-state index contributed by atoms with van der Waals surface area (Å²) < 4.78 is 5.25. The van der Waals surface area contributed by atoms with E-state index in [1.54, 1.807) is 24.3 Å². The van der Waals surface area contributed by atoms with E-state index in [9.17, 15) is 9.59 Å². The number of hydrogen-bond donors (Lipinski definition) is 1. The van der Waals surface area contributed by atoms with Crippen LogP contribution in [0.5, 0.6) is 0 Å². The molecule has 4 nitrogen and oxygen atoms in total. The minimum atomic E-state index is -0.864. The fourth-order valence-corrected chi connectivity index (χ4v) is 2.41. The van der Waals surface area contributed by atoms with E-state index in [0.717, 1.165) is 25.7 Å². The second-order valence-electron chi connectivity index (χ2n) is 4.60. The van der Waals surface area contributed by atoms with Gasteiger partial charge in [0.25, 0.3) is 0 Å². The molecule has 1 aromatic rings. The molecular formula is C14H16ClNO3. The van der Waals surface area contributed by atoms with Crippen LogP contribution < -0.4 is 5.32 Å². The fourth-order valence-electron chi connectivity index (χ4n) is 2.23. The van der Waals surface area contributed by atoms with Gasteiger partial charge >= 0.3 is 6.09 Å². The highest BCUT2D eigenvalue weighted by Crippen LogP contribution is 2.22. The van der Waals surface area contributed by atoms with Crippen LogP contribution in [0.15, 0.2) is 30.3 Å². The van der Waals surface area contributed by atoms with Crippen molar-refractivity contribution in [2.75, 3.05) is 0 Å². The maximum Gasteiger partial charge on any atom is 0.408 e. The molecule has 1 atom stereocenters. The van der Waals surface area contributed by atoms with E-state index in [2.05, 4.69) is 5.32 Å². The molecule has 0 heterocycles. The number of benzene rings is 1. The molecule has 1 unspecified atom stereocenters. The summed E-state index contributed by atoms with van der Waals surface area (Å²) >= 11 is 5.53. The third-order valence-electron chi connectivity index (χ3n) is 3.20. The van der Waals surface area contributed by atoms with Crippen molar-refractivity contribution < 1.29 is 14.3 Å². The van der Waals surface area contributed by atoms with E-state index in [0.29, 0.717) is 5.56 Å². The van der Waals surface area contributed by atoms with Crippen molar-refractivity contribution in [2.45, 2.75) is 37.8 Å². The SMILES string of the molecule is O=C(NC(C(=O)Cl)c1ccccc1)OC1CCCC1. The highest BCUT2D eigenvalue weighted by atomic mass is 35.5. The number of ether oxygens (including phenoxy) is 1. The molecule has 1 saturated carbocycles. The molecule has 19 heavy (non-hydrogen) atoms. The monoisotopic (exact) mass is 281 g/mol. The van der Waals surface area contributed by atoms with Gasteiger partial charge in [0.1, 0.15) is 12.1 Å². The number of carbonyl (C=O) groups excluding carboxylic acids is 2. The van der Waals surface area contributed by atoms with Crippen LogP contribution in [0.2, 0.25) is 0 Å². The zero-order valence-electron chi connectivity index (χ0n) is 10.5. The minimum absolute atomic E-state index is 0.0400. The highest BCUT2D eigenvalue weighted by Gasteiger charge is 2.24. The third kappa shape index (κ3) is 3.96. The van der Waals surface area contributed by atoms with Gasteiger partial charge in [-0.25, -0.2) is 4.79 Å². The molecule has 0 aromatic heterocycles. The topological polar surface area (TPSA) is 55.4 Å². The summed E-state index contributed by atoms with van der Waals surface area (Å²) in [7, 11) is 0. The normalized spacial score (nSPS) is 16.9. The summed E-state index contributed by atoms with van der Waals surface area (Å²) in [6.07, 6.45) is 3.30. The first-order valence-corrected chi connectivity index (χ1v) is 6.76. The Morgan fingerprint density at radius 3 is 2.42 bits per heavy atom. The molecule has 1 amide bonds. The van der Waals surface area contributed by atoms with E-state index < -0.39 is 17.4 Å².